The average molecular weight is 458 g/mol. The van der Waals surface area contributed by atoms with E-state index in [1.54, 1.807) is 18.5 Å². The van der Waals surface area contributed by atoms with Crippen LogP contribution in [0, 0.1) is 0 Å². The number of anilines is 1. The highest BCUT2D eigenvalue weighted by Crippen LogP contribution is 2.40. The number of ether oxygens (including phenoxy) is 1. The Hall–Kier alpha value is -2.72. The molecule has 168 valence electrons. The molecule has 0 bridgehead atoms. The Kier molecular flexibility index (Phi) is 5.09. The molecule has 0 unspecified atom stereocenters. The first-order valence-electron chi connectivity index (χ1n) is 10.5. The van der Waals surface area contributed by atoms with Crippen molar-refractivity contribution in [3.8, 4) is 0 Å². The second-order valence-corrected chi connectivity index (χ2v) is 9.19. The third kappa shape index (κ3) is 3.32. The van der Waals surface area contributed by atoms with Gasteiger partial charge in [0, 0.05) is 35.1 Å². The third-order valence-electron chi connectivity index (χ3n) is 6.04. The van der Waals surface area contributed by atoms with E-state index in [1.807, 2.05) is 30.9 Å². The van der Waals surface area contributed by atoms with Crippen LogP contribution in [0.3, 0.4) is 0 Å². The topological polar surface area (TPSA) is 111 Å². The molecule has 2 saturated heterocycles. The average Bonchev–Trinajstić information content (AvgIpc) is 3.25. The molecule has 0 aliphatic carbocycles. The summed E-state index contributed by atoms with van der Waals surface area (Å²) in [5.74, 6) is -0.594. The van der Waals surface area contributed by atoms with Crippen molar-refractivity contribution in [2.45, 2.75) is 31.7 Å². The molecule has 3 aromatic rings. The standard InChI is InChI=1S/C22H24ClN5O4/c1-22(2)11-27-17(10-32-22)21(31)28(20(27)19(30)25-5-6-29)16-8-12(23)7-14-13-3-4-24-9-15(13)26-18(14)16/h3-4,7-9,17,20,26,29H,5-6,10-11H2,1-2H3,(H,25,30)/t17-,20-/m0/s1. The number of morpholine rings is 1. The number of rotatable bonds is 4. The van der Waals surface area contributed by atoms with Gasteiger partial charge in [-0.2, -0.15) is 0 Å². The molecule has 2 aliphatic rings. The minimum Gasteiger partial charge on any atom is -0.395 e. The second kappa shape index (κ2) is 7.70. The van der Waals surface area contributed by atoms with E-state index in [4.69, 9.17) is 16.3 Å². The summed E-state index contributed by atoms with van der Waals surface area (Å²) in [6.45, 7) is 4.35. The number of pyridine rings is 1. The van der Waals surface area contributed by atoms with Gasteiger partial charge < -0.3 is 20.1 Å². The van der Waals surface area contributed by atoms with Gasteiger partial charge in [-0.3, -0.25) is 24.4 Å². The number of nitrogens with zero attached hydrogens (tertiary/aromatic N) is 3. The summed E-state index contributed by atoms with van der Waals surface area (Å²) in [4.78, 5) is 37.7. The van der Waals surface area contributed by atoms with Crippen LogP contribution in [0.15, 0.2) is 30.6 Å². The van der Waals surface area contributed by atoms with Gasteiger partial charge in [0.15, 0.2) is 6.17 Å². The minimum absolute atomic E-state index is 0.0960. The van der Waals surface area contributed by atoms with E-state index in [0.29, 0.717) is 22.8 Å². The van der Waals surface area contributed by atoms with Crippen molar-refractivity contribution in [2.24, 2.45) is 0 Å². The first kappa shape index (κ1) is 21.1. The number of aromatic nitrogens is 2. The van der Waals surface area contributed by atoms with Gasteiger partial charge in [0.05, 0.1) is 41.7 Å². The number of aliphatic hydroxyl groups is 1. The molecule has 5 rings (SSSR count). The van der Waals surface area contributed by atoms with Crippen LogP contribution < -0.4 is 10.2 Å². The number of nitrogens with one attached hydrogen (secondary N) is 2. The Labute approximate surface area is 189 Å². The van der Waals surface area contributed by atoms with Gasteiger partial charge in [-0.05, 0) is 32.0 Å². The van der Waals surface area contributed by atoms with Crippen molar-refractivity contribution < 1.29 is 19.4 Å². The fraction of sp³-hybridized carbons (Fsp3) is 0.409. The number of halogens is 1. The van der Waals surface area contributed by atoms with E-state index < -0.39 is 17.8 Å². The molecule has 2 fully saturated rings. The fourth-order valence-electron chi connectivity index (χ4n) is 4.67. The lowest BCUT2D eigenvalue weighted by Crippen LogP contribution is -2.59. The number of amides is 2. The van der Waals surface area contributed by atoms with E-state index in [1.165, 1.54) is 4.90 Å². The van der Waals surface area contributed by atoms with Crippen LogP contribution in [-0.4, -0.2) is 75.9 Å². The van der Waals surface area contributed by atoms with Gasteiger partial charge >= 0.3 is 0 Å². The van der Waals surface area contributed by atoms with Gasteiger partial charge in [-0.15, -0.1) is 0 Å². The molecule has 2 aliphatic heterocycles. The molecule has 0 saturated carbocycles. The molecule has 2 atom stereocenters. The molecule has 32 heavy (non-hydrogen) atoms. The van der Waals surface area contributed by atoms with Crippen LogP contribution in [0.1, 0.15) is 13.8 Å². The van der Waals surface area contributed by atoms with Gasteiger partial charge in [0.25, 0.3) is 5.91 Å². The summed E-state index contributed by atoms with van der Waals surface area (Å²) in [5, 5.41) is 14.2. The van der Waals surface area contributed by atoms with Crippen molar-refractivity contribution in [1.82, 2.24) is 20.2 Å². The summed E-state index contributed by atoms with van der Waals surface area (Å²) in [6.07, 6.45) is 2.51. The predicted octanol–water partition coefficient (Wildman–Crippen LogP) is 1.63. The van der Waals surface area contributed by atoms with E-state index in [2.05, 4.69) is 15.3 Å². The van der Waals surface area contributed by atoms with Crippen molar-refractivity contribution in [1.29, 1.82) is 0 Å². The highest BCUT2D eigenvalue weighted by molar-refractivity contribution is 6.33. The van der Waals surface area contributed by atoms with E-state index in [9.17, 15) is 14.7 Å². The van der Waals surface area contributed by atoms with Crippen LogP contribution in [-0.2, 0) is 14.3 Å². The van der Waals surface area contributed by atoms with Crippen LogP contribution in [0.5, 0.6) is 0 Å². The molecule has 1 aromatic carbocycles. The zero-order valence-electron chi connectivity index (χ0n) is 17.8. The Bertz CT molecular complexity index is 1230. The summed E-state index contributed by atoms with van der Waals surface area (Å²) < 4.78 is 5.90. The Balaban J connectivity index is 1.69. The zero-order chi connectivity index (χ0) is 22.6. The number of carbonyl (C=O) groups is 2. The molecule has 9 nitrogen and oxygen atoms in total. The summed E-state index contributed by atoms with van der Waals surface area (Å²) in [6, 6.07) is 4.82. The summed E-state index contributed by atoms with van der Waals surface area (Å²) >= 11 is 6.48. The molecule has 10 heteroatoms. The summed E-state index contributed by atoms with van der Waals surface area (Å²) in [7, 11) is 0. The van der Waals surface area contributed by atoms with E-state index >= 15 is 0 Å². The highest BCUT2D eigenvalue weighted by Gasteiger charge is 2.54. The molecule has 4 heterocycles. The monoisotopic (exact) mass is 457 g/mol. The zero-order valence-corrected chi connectivity index (χ0v) is 18.5. The number of carbonyl (C=O) groups excluding carboxylic acids is 2. The molecule has 0 spiro atoms. The smallest absolute Gasteiger partial charge is 0.258 e. The van der Waals surface area contributed by atoms with Gasteiger partial charge in [0.2, 0.25) is 5.91 Å². The highest BCUT2D eigenvalue weighted by atomic mass is 35.5. The number of fused-ring (bicyclic) bond motifs is 4. The van der Waals surface area contributed by atoms with Crippen molar-refractivity contribution in [2.75, 3.05) is 31.2 Å². The van der Waals surface area contributed by atoms with Gasteiger partial charge in [-0.1, -0.05) is 11.6 Å². The van der Waals surface area contributed by atoms with Gasteiger partial charge in [-0.25, -0.2) is 0 Å². The maximum Gasteiger partial charge on any atom is 0.258 e. The van der Waals surface area contributed by atoms with Crippen LogP contribution in [0.2, 0.25) is 5.02 Å². The lowest BCUT2D eigenvalue weighted by atomic mass is 10.0. The summed E-state index contributed by atoms with van der Waals surface area (Å²) in [5.41, 5.74) is 1.51. The van der Waals surface area contributed by atoms with Gasteiger partial charge in [0.1, 0.15) is 6.04 Å². The fourth-order valence-corrected chi connectivity index (χ4v) is 4.89. The molecular weight excluding hydrogens is 434 g/mol. The number of aliphatic hydroxyl groups excluding tert-OH is 1. The Morgan fingerprint density at radius 1 is 1.41 bits per heavy atom. The molecule has 2 amide bonds. The number of hydrogen-bond donors (Lipinski definition) is 3. The Morgan fingerprint density at radius 2 is 2.22 bits per heavy atom. The largest absolute Gasteiger partial charge is 0.395 e. The van der Waals surface area contributed by atoms with Crippen LogP contribution in [0.25, 0.3) is 21.8 Å². The lowest BCUT2D eigenvalue weighted by Gasteiger charge is -2.40. The van der Waals surface area contributed by atoms with Crippen LogP contribution in [0.4, 0.5) is 5.69 Å². The molecule has 3 N–H and O–H groups in total. The van der Waals surface area contributed by atoms with Crippen molar-refractivity contribution in [3.05, 3.63) is 35.6 Å². The molecular formula is C22H24ClN5O4. The number of benzene rings is 1. The maximum absolute atomic E-state index is 13.6. The second-order valence-electron chi connectivity index (χ2n) is 8.75. The minimum atomic E-state index is -0.895. The number of H-pyrrole nitrogens is 1. The quantitative estimate of drug-likeness (QED) is 0.549. The maximum atomic E-state index is 13.6. The first-order valence-corrected chi connectivity index (χ1v) is 10.8. The van der Waals surface area contributed by atoms with E-state index in [-0.39, 0.29) is 31.6 Å². The third-order valence-corrected chi connectivity index (χ3v) is 6.25. The van der Waals surface area contributed by atoms with E-state index in [0.717, 1.165) is 16.3 Å². The SMILES string of the molecule is CC1(C)CN2[C@H](C(=O)NCCO)N(c3cc(Cl)cc4c3[nH]c3cnccc34)C(=O)[C@@H]2CO1. The molecule has 2 aromatic heterocycles. The number of hydrogen-bond acceptors (Lipinski definition) is 6. The predicted molar refractivity (Wildman–Crippen MR) is 121 cm³/mol. The normalized spacial score (nSPS) is 23.1. The first-order chi connectivity index (χ1) is 15.3. The van der Waals surface area contributed by atoms with Crippen molar-refractivity contribution in [3.63, 3.8) is 0 Å². The number of aromatic amines is 1. The van der Waals surface area contributed by atoms with Crippen LogP contribution >= 0.6 is 11.6 Å². The van der Waals surface area contributed by atoms with Crippen molar-refractivity contribution >= 4 is 50.9 Å². The molecule has 0 radical (unpaired) electrons. The lowest BCUT2D eigenvalue weighted by molar-refractivity contribution is -0.141. The Morgan fingerprint density at radius 3 is 3.00 bits per heavy atom.